The molecule has 3 aromatic rings. The van der Waals surface area contributed by atoms with Crippen LogP contribution >= 0.6 is 0 Å². The maximum atomic E-state index is 13.5. The number of aryl methyl sites for hydroxylation is 1. The van der Waals surface area contributed by atoms with Crippen molar-refractivity contribution in [3.8, 4) is 16.9 Å². The molecular formula is C29H33F3N6O7S. The van der Waals surface area contributed by atoms with Crippen molar-refractivity contribution in [2.24, 2.45) is 17.1 Å². The topological polar surface area (TPSA) is 158 Å². The third-order valence-electron chi connectivity index (χ3n) is 7.08. The highest BCUT2D eigenvalue weighted by Gasteiger charge is 2.36. The van der Waals surface area contributed by atoms with Gasteiger partial charge in [-0.25, -0.2) is 17.8 Å². The van der Waals surface area contributed by atoms with Crippen molar-refractivity contribution in [3.05, 3.63) is 71.1 Å². The fourth-order valence-corrected chi connectivity index (χ4v) is 5.51. The standard InChI is InChI=1S/C29H33F3N6O7S/c1-18(2)28(40)44-20(4)45-35-38(41)36-15-13-22(14-16-36)27(39)34-46(42,43)24-11-9-23(10-12-24)37-25(17-26(33-37)29(30,31)32)21-7-5-19(3)6-8-21/h5-12,17-18,20,22H,13-16H2,1-4H3,(H,34,39)/b38-35+. The second kappa shape index (κ2) is 13.8. The van der Waals surface area contributed by atoms with Gasteiger partial charge in [0.1, 0.15) is 0 Å². The van der Waals surface area contributed by atoms with Gasteiger partial charge in [0.05, 0.1) is 40.3 Å². The van der Waals surface area contributed by atoms with Gasteiger partial charge in [-0.3, -0.25) is 14.4 Å². The maximum absolute atomic E-state index is 13.5. The molecule has 1 aliphatic rings. The lowest BCUT2D eigenvalue weighted by Gasteiger charge is -2.27. The highest BCUT2D eigenvalue weighted by atomic mass is 32.2. The fraction of sp³-hybridized carbons (Fsp3) is 0.414. The lowest BCUT2D eigenvalue weighted by Crippen LogP contribution is -2.44. The van der Waals surface area contributed by atoms with Crippen molar-refractivity contribution in [2.45, 2.75) is 57.9 Å². The quantitative estimate of drug-likeness (QED) is 0.106. The molecule has 0 aliphatic carbocycles. The van der Waals surface area contributed by atoms with E-state index in [-0.39, 0.29) is 47.2 Å². The van der Waals surface area contributed by atoms with Crippen molar-refractivity contribution in [1.82, 2.24) is 19.5 Å². The number of piperidine rings is 1. The molecule has 1 aromatic heterocycles. The number of halogens is 3. The van der Waals surface area contributed by atoms with Gasteiger partial charge in [0.2, 0.25) is 11.2 Å². The number of aromatic nitrogens is 2. The molecule has 4 rings (SSSR count). The summed E-state index contributed by atoms with van der Waals surface area (Å²) in [5.74, 6) is -2.42. The maximum Gasteiger partial charge on any atom is 0.435 e. The van der Waals surface area contributed by atoms with Crippen molar-refractivity contribution in [2.75, 3.05) is 13.1 Å². The van der Waals surface area contributed by atoms with E-state index in [0.29, 0.717) is 5.56 Å². The number of nitrogens with zero attached hydrogens (tertiary/aromatic N) is 5. The second-order valence-corrected chi connectivity index (χ2v) is 12.7. The van der Waals surface area contributed by atoms with E-state index >= 15 is 0 Å². The number of carbonyl (C=O) groups is 2. The van der Waals surface area contributed by atoms with Crippen molar-refractivity contribution in [3.63, 3.8) is 0 Å². The predicted molar refractivity (Wildman–Crippen MR) is 156 cm³/mol. The van der Waals surface area contributed by atoms with Crippen LogP contribution in [0.4, 0.5) is 13.2 Å². The molecule has 2 aromatic carbocycles. The van der Waals surface area contributed by atoms with Gasteiger partial charge in [-0.15, -0.1) is 5.01 Å². The zero-order valence-electron chi connectivity index (χ0n) is 25.4. The number of hydrogen-bond acceptors (Lipinski definition) is 9. The lowest BCUT2D eigenvalue weighted by atomic mass is 9.97. The van der Waals surface area contributed by atoms with Crippen LogP contribution < -0.4 is 4.72 Å². The monoisotopic (exact) mass is 666 g/mol. The minimum atomic E-state index is -4.70. The number of carbonyl (C=O) groups excluding carboxylic acids is 2. The first-order valence-corrected chi connectivity index (χ1v) is 15.7. The number of hydrazine groups is 1. The van der Waals surface area contributed by atoms with Crippen LogP contribution in [0.5, 0.6) is 0 Å². The van der Waals surface area contributed by atoms with Gasteiger partial charge in [-0.1, -0.05) is 43.7 Å². The van der Waals surface area contributed by atoms with Gasteiger partial charge in [-0.2, -0.15) is 18.3 Å². The number of sulfonamides is 1. The Morgan fingerprint density at radius 3 is 2.24 bits per heavy atom. The number of nitrogens with one attached hydrogen (secondary N) is 1. The fourth-order valence-electron chi connectivity index (χ4n) is 4.47. The van der Waals surface area contributed by atoms with Crippen LogP contribution in [0.2, 0.25) is 0 Å². The zero-order valence-corrected chi connectivity index (χ0v) is 26.2. The van der Waals surface area contributed by atoms with Crippen LogP contribution in [0.25, 0.3) is 16.9 Å². The Bertz CT molecular complexity index is 1680. The van der Waals surface area contributed by atoms with E-state index in [0.717, 1.165) is 28.4 Å². The Kier molecular flexibility index (Phi) is 10.2. The van der Waals surface area contributed by atoms with Crippen LogP contribution in [0, 0.1) is 24.0 Å². The van der Waals surface area contributed by atoms with Gasteiger partial charge < -0.3 is 9.94 Å². The molecule has 46 heavy (non-hydrogen) atoms. The molecule has 0 radical (unpaired) electrons. The number of amides is 1. The summed E-state index contributed by atoms with van der Waals surface area (Å²) in [5, 5.41) is 20.6. The van der Waals surface area contributed by atoms with Crippen LogP contribution in [-0.2, 0) is 35.4 Å². The van der Waals surface area contributed by atoms with Crippen LogP contribution in [-0.4, -0.2) is 59.4 Å². The summed E-state index contributed by atoms with van der Waals surface area (Å²) in [6, 6.07) is 12.6. The molecule has 1 saturated heterocycles. The normalized spacial score (nSPS) is 15.5. The van der Waals surface area contributed by atoms with E-state index in [1.807, 2.05) is 11.6 Å². The Labute approximate surface area is 263 Å². The molecule has 1 amide bonds. The number of esters is 1. The summed E-state index contributed by atoms with van der Waals surface area (Å²) in [6.07, 6.45) is -5.53. The van der Waals surface area contributed by atoms with E-state index < -0.39 is 51.9 Å². The van der Waals surface area contributed by atoms with E-state index in [2.05, 4.69) is 10.4 Å². The molecule has 1 unspecified atom stereocenters. The van der Waals surface area contributed by atoms with Gasteiger partial charge in [0, 0.05) is 18.4 Å². The van der Waals surface area contributed by atoms with Crippen LogP contribution in [0.15, 0.2) is 64.8 Å². The largest absolute Gasteiger partial charge is 0.569 e. The summed E-state index contributed by atoms with van der Waals surface area (Å²) in [6.45, 7) is 6.64. The molecule has 0 spiro atoms. The molecule has 1 fully saturated rings. The highest BCUT2D eigenvalue weighted by Crippen LogP contribution is 2.33. The number of hydrogen-bond donors (Lipinski definition) is 1. The number of alkyl halides is 3. The molecule has 1 N–H and O–H groups in total. The highest BCUT2D eigenvalue weighted by molar-refractivity contribution is 7.90. The predicted octanol–water partition coefficient (Wildman–Crippen LogP) is 4.74. The molecule has 17 heteroatoms. The first-order valence-electron chi connectivity index (χ1n) is 14.3. The second-order valence-electron chi connectivity index (χ2n) is 11.0. The molecule has 2 heterocycles. The van der Waals surface area contributed by atoms with Gasteiger partial charge in [0.25, 0.3) is 16.3 Å². The van der Waals surface area contributed by atoms with Crippen molar-refractivity contribution < 1.29 is 45.7 Å². The Morgan fingerprint density at radius 2 is 1.67 bits per heavy atom. The van der Waals surface area contributed by atoms with Gasteiger partial charge >= 0.3 is 12.1 Å². The lowest BCUT2D eigenvalue weighted by molar-refractivity contribution is -0.715. The Hall–Kier alpha value is -4.67. The molecule has 0 bridgehead atoms. The SMILES string of the molecule is Cc1ccc(-c2cc(C(F)(F)F)nn2-c2ccc(S(=O)(=O)NC(=O)C3CCN(/[N+]([O-])=N\OC(C)OC(=O)C(C)C)CC3)cc2)cc1. The summed E-state index contributed by atoms with van der Waals surface area (Å²) in [5.41, 5.74) is 0.612. The minimum Gasteiger partial charge on any atom is -0.569 e. The first-order chi connectivity index (χ1) is 21.5. The molecule has 0 saturated carbocycles. The average Bonchev–Trinajstić information content (AvgIpc) is 3.46. The summed E-state index contributed by atoms with van der Waals surface area (Å²) in [7, 11) is -4.33. The molecule has 1 aliphatic heterocycles. The van der Waals surface area contributed by atoms with Crippen molar-refractivity contribution in [1.29, 1.82) is 0 Å². The van der Waals surface area contributed by atoms with Crippen LogP contribution in [0.3, 0.4) is 0 Å². The summed E-state index contributed by atoms with van der Waals surface area (Å²) in [4.78, 5) is 29.2. The molecule has 13 nitrogen and oxygen atoms in total. The van der Waals surface area contributed by atoms with Crippen LogP contribution in [0.1, 0.15) is 44.9 Å². The number of rotatable bonds is 10. The summed E-state index contributed by atoms with van der Waals surface area (Å²) < 4.78 is 74.6. The minimum absolute atomic E-state index is 0.0659. The van der Waals surface area contributed by atoms with E-state index in [4.69, 9.17) is 9.57 Å². The average molecular weight is 667 g/mol. The smallest absolute Gasteiger partial charge is 0.435 e. The van der Waals surface area contributed by atoms with Gasteiger partial charge in [0.15, 0.2) is 5.69 Å². The van der Waals surface area contributed by atoms with Gasteiger partial charge in [-0.05, 0) is 50.1 Å². The molecule has 248 valence electrons. The molecule has 1 atom stereocenters. The zero-order chi connectivity index (χ0) is 33.8. The number of ether oxygens (including phenoxy) is 1. The van der Waals surface area contributed by atoms with Crippen molar-refractivity contribution >= 4 is 21.9 Å². The number of benzene rings is 2. The Balaban J connectivity index is 1.39. The molecular weight excluding hydrogens is 633 g/mol. The third kappa shape index (κ3) is 8.32. The third-order valence-corrected chi connectivity index (χ3v) is 8.44. The van der Waals surface area contributed by atoms with E-state index in [1.54, 1.807) is 38.1 Å². The first kappa shape index (κ1) is 34.2. The summed E-state index contributed by atoms with van der Waals surface area (Å²) >= 11 is 0. The van der Waals surface area contributed by atoms with E-state index in [1.165, 1.54) is 24.1 Å². The van der Waals surface area contributed by atoms with E-state index in [9.17, 15) is 36.4 Å². The Morgan fingerprint density at radius 1 is 1.07 bits per heavy atom.